The number of aliphatic imine (C=N–C) groups is 1. The van der Waals surface area contributed by atoms with E-state index in [0.717, 1.165) is 36.2 Å². The molecule has 0 bridgehead atoms. The molecule has 0 aliphatic carbocycles. The van der Waals surface area contributed by atoms with Crippen molar-refractivity contribution in [2.24, 2.45) is 4.99 Å². The SMILES string of the molecule is CCN(CC)C(CNC(=NC)NCCN1CCS(=O)(=O)CC1)c1ccccc1Cl. The first-order valence-corrected chi connectivity index (χ1v) is 12.5. The van der Waals surface area contributed by atoms with Gasteiger partial charge in [0.1, 0.15) is 0 Å². The second kappa shape index (κ2) is 11.7. The lowest BCUT2D eigenvalue weighted by Crippen LogP contribution is -2.47. The lowest BCUT2D eigenvalue weighted by atomic mass is 10.0. The van der Waals surface area contributed by atoms with E-state index in [-0.39, 0.29) is 17.5 Å². The van der Waals surface area contributed by atoms with Gasteiger partial charge in [0.25, 0.3) is 0 Å². The van der Waals surface area contributed by atoms with Crippen molar-refractivity contribution < 1.29 is 8.42 Å². The minimum atomic E-state index is -2.84. The van der Waals surface area contributed by atoms with Gasteiger partial charge in [-0.05, 0) is 24.7 Å². The molecule has 164 valence electrons. The molecule has 0 saturated carbocycles. The van der Waals surface area contributed by atoms with Crippen LogP contribution in [0.2, 0.25) is 5.02 Å². The van der Waals surface area contributed by atoms with Crippen LogP contribution in [0.15, 0.2) is 29.3 Å². The lowest BCUT2D eigenvalue weighted by molar-refractivity contribution is 0.219. The first-order valence-electron chi connectivity index (χ1n) is 10.3. The first-order chi connectivity index (χ1) is 13.9. The monoisotopic (exact) mass is 443 g/mol. The molecule has 1 aliphatic heterocycles. The molecule has 2 rings (SSSR count). The van der Waals surface area contributed by atoms with E-state index in [9.17, 15) is 8.42 Å². The number of likely N-dealkylation sites (N-methyl/N-ethyl adjacent to an activating group) is 1. The summed E-state index contributed by atoms with van der Waals surface area (Å²) >= 11 is 6.47. The summed E-state index contributed by atoms with van der Waals surface area (Å²) in [5, 5.41) is 7.52. The molecular formula is C20H34ClN5O2S. The molecule has 1 aromatic carbocycles. The highest BCUT2D eigenvalue weighted by Gasteiger charge is 2.22. The third-order valence-corrected chi connectivity index (χ3v) is 7.31. The van der Waals surface area contributed by atoms with Crippen LogP contribution >= 0.6 is 11.6 Å². The van der Waals surface area contributed by atoms with Crippen LogP contribution < -0.4 is 10.6 Å². The molecule has 2 N–H and O–H groups in total. The molecule has 0 spiro atoms. The van der Waals surface area contributed by atoms with Crippen molar-refractivity contribution in [2.75, 3.05) is 64.4 Å². The van der Waals surface area contributed by atoms with E-state index in [4.69, 9.17) is 11.6 Å². The van der Waals surface area contributed by atoms with Crippen LogP contribution in [0.1, 0.15) is 25.5 Å². The van der Waals surface area contributed by atoms with E-state index >= 15 is 0 Å². The molecule has 1 saturated heterocycles. The zero-order valence-electron chi connectivity index (χ0n) is 17.7. The Hall–Kier alpha value is -1.35. The average Bonchev–Trinajstić information content (AvgIpc) is 2.71. The number of hydrogen-bond donors (Lipinski definition) is 2. The van der Waals surface area contributed by atoms with Gasteiger partial charge in [0.05, 0.1) is 17.5 Å². The van der Waals surface area contributed by atoms with Crippen molar-refractivity contribution in [3.63, 3.8) is 0 Å². The minimum Gasteiger partial charge on any atom is -0.355 e. The summed E-state index contributed by atoms with van der Waals surface area (Å²) < 4.78 is 23.1. The largest absolute Gasteiger partial charge is 0.355 e. The van der Waals surface area contributed by atoms with Gasteiger partial charge >= 0.3 is 0 Å². The normalized spacial score (nSPS) is 18.6. The molecular weight excluding hydrogens is 410 g/mol. The van der Waals surface area contributed by atoms with Gasteiger partial charge in [0.2, 0.25) is 0 Å². The average molecular weight is 444 g/mol. The fourth-order valence-corrected chi connectivity index (χ4v) is 5.10. The second-order valence-corrected chi connectivity index (χ2v) is 9.84. The van der Waals surface area contributed by atoms with Crippen LogP contribution in [0.4, 0.5) is 0 Å². The lowest BCUT2D eigenvalue weighted by Gasteiger charge is -2.31. The Morgan fingerprint density at radius 3 is 2.45 bits per heavy atom. The predicted molar refractivity (Wildman–Crippen MR) is 122 cm³/mol. The van der Waals surface area contributed by atoms with Crippen LogP contribution in [0, 0.1) is 0 Å². The van der Waals surface area contributed by atoms with Crippen molar-refractivity contribution in [3.05, 3.63) is 34.9 Å². The molecule has 9 heteroatoms. The predicted octanol–water partition coefficient (Wildman–Crippen LogP) is 1.62. The number of hydrogen-bond acceptors (Lipinski definition) is 5. The van der Waals surface area contributed by atoms with E-state index in [1.54, 1.807) is 7.05 Å². The molecule has 7 nitrogen and oxygen atoms in total. The van der Waals surface area contributed by atoms with Gasteiger partial charge in [0.15, 0.2) is 15.8 Å². The molecule has 1 unspecified atom stereocenters. The van der Waals surface area contributed by atoms with Crippen molar-refractivity contribution >= 4 is 27.4 Å². The first kappa shape index (κ1) is 23.9. The Balaban J connectivity index is 1.89. The molecule has 1 aromatic rings. The highest BCUT2D eigenvalue weighted by Crippen LogP contribution is 2.26. The summed E-state index contributed by atoms with van der Waals surface area (Å²) in [5.74, 6) is 1.24. The van der Waals surface area contributed by atoms with E-state index in [1.807, 2.05) is 18.2 Å². The summed E-state index contributed by atoms with van der Waals surface area (Å²) in [6.45, 7) is 9.56. The van der Waals surface area contributed by atoms with Crippen LogP contribution in [0.25, 0.3) is 0 Å². The molecule has 0 amide bonds. The van der Waals surface area contributed by atoms with Crippen LogP contribution in [0.3, 0.4) is 0 Å². The molecule has 1 aliphatic rings. The maximum atomic E-state index is 11.5. The topological polar surface area (TPSA) is 77.0 Å². The third-order valence-electron chi connectivity index (χ3n) is 5.36. The molecule has 1 heterocycles. The molecule has 1 fully saturated rings. The summed E-state index contributed by atoms with van der Waals surface area (Å²) in [6.07, 6.45) is 0. The van der Waals surface area contributed by atoms with Crippen molar-refractivity contribution in [2.45, 2.75) is 19.9 Å². The van der Waals surface area contributed by atoms with Gasteiger partial charge in [-0.3, -0.25) is 14.8 Å². The Kier molecular flexibility index (Phi) is 9.68. The Morgan fingerprint density at radius 1 is 1.21 bits per heavy atom. The fourth-order valence-electron chi connectivity index (χ4n) is 3.57. The number of nitrogens with one attached hydrogen (secondary N) is 2. The van der Waals surface area contributed by atoms with E-state index < -0.39 is 9.84 Å². The van der Waals surface area contributed by atoms with Crippen LogP contribution in [-0.4, -0.2) is 88.5 Å². The van der Waals surface area contributed by atoms with Crippen LogP contribution in [-0.2, 0) is 9.84 Å². The number of rotatable bonds is 9. The smallest absolute Gasteiger partial charge is 0.191 e. The summed E-state index contributed by atoms with van der Waals surface area (Å²) in [7, 11) is -1.08. The quantitative estimate of drug-likeness (QED) is 0.446. The van der Waals surface area contributed by atoms with Gasteiger partial charge in [-0.25, -0.2) is 8.42 Å². The maximum absolute atomic E-state index is 11.5. The van der Waals surface area contributed by atoms with Gasteiger partial charge in [0, 0.05) is 44.8 Å². The van der Waals surface area contributed by atoms with Crippen molar-refractivity contribution in [1.82, 2.24) is 20.4 Å². The van der Waals surface area contributed by atoms with E-state index in [1.165, 1.54) is 0 Å². The molecule has 1 atom stereocenters. The van der Waals surface area contributed by atoms with Gasteiger partial charge in [-0.15, -0.1) is 0 Å². The summed E-state index contributed by atoms with van der Waals surface area (Å²) in [6, 6.07) is 8.12. The third kappa shape index (κ3) is 7.44. The van der Waals surface area contributed by atoms with Crippen LogP contribution in [0.5, 0.6) is 0 Å². The summed E-state index contributed by atoms with van der Waals surface area (Å²) in [5.41, 5.74) is 1.11. The summed E-state index contributed by atoms with van der Waals surface area (Å²) in [4.78, 5) is 8.86. The van der Waals surface area contributed by atoms with E-state index in [2.05, 4.69) is 45.3 Å². The Labute approximate surface area is 180 Å². The number of sulfone groups is 1. The number of guanidine groups is 1. The number of benzene rings is 1. The molecule has 29 heavy (non-hydrogen) atoms. The highest BCUT2D eigenvalue weighted by molar-refractivity contribution is 7.91. The highest BCUT2D eigenvalue weighted by atomic mass is 35.5. The maximum Gasteiger partial charge on any atom is 0.191 e. The van der Waals surface area contributed by atoms with Gasteiger partial charge in [-0.2, -0.15) is 0 Å². The Bertz CT molecular complexity index is 754. The zero-order chi connectivity index (χ0) is 21.3. The number of halogens is 1. The zero-order valence-corrected chi connectivity index (χ0v) is 19.3. The Morgan fingerprint density at radius 2 is 1.86 bits per heavy atom. The number of nitrogens with zero attached hydrogens (tertiary/aromatic N) is 3. The van der Waals surface area contributed by atoms with E-state index in [0.29, 0.717) is 26.2 Å². The molecule has 0 radical (unpaired) electrons. The van der Waals surface area contributed by atoms with Gasteiger partial charge < -0.3 is 10.6 Å². The van der Waals surface area contributed by atoms with Crippen molar-refractivity contribution in [1.29, 1.82) is 0 Å². The second-order valence-electron chi connectivity index (χ2n) is 7.13. The molecule has 0 aromatic heterocycles. The van der Waals surface area contributed by atoms with Crippen molar-refractivity contribution in [3.8, 4) is 0 Å². The minimum absolute atomic E-state index is 0.143. The van der Waals surface area contributed by atoms with Gasteiger partial charge in [-0.1, -0.05) is 43.6 Å². The fraction of sp³-hybridized carbons (Fsp3) is 0.650. The standard InChI is InChI=1S/C20H34ClN5O2S/c1-4-26(5-2)19(17-8-6-7-9-18(17)21)16-24-20(22-3)23-10-11-25-12-14-29(27,28)15-13-25/h6-9,19H,4-5,10-16H2,1-3H3,(H2,22,23,24).